The first kappa shape index (κ1) is 21.1. The summed E-state index contributed by atoms with van der Waals surface area (Å²) in [6, 6.07) is 16.0. The lowest BCUT2D eigenvalue weighted by atomic mass is 10.0. The van der Waals surface area contributed by atoms with E-state index < -0.39 is 24.5 Å². The van der Waals surface area contributed by atoms with Crippen molar-refractivity contribution in [3.8, 4) is 11.1 Å². The number of aliphatic hydroxyl groups is 2. The Morgan fingerprint density at radius 2 is 1.81 bits per heavy atom. The van der Waals surface area contributed by atoms with E-state index in [1.54, 1.807) is 30.0 Å². The van der Waals surface area contributed by atoms with Crippen LogP contribution in [0.2, 0.25) is 0 Å². The fraction of sp³-hybridized carbons (Fsp3) is 0.261. The fourth-order valence-electron chi connectivity index (χ4n) is 4.15. The maximum absolute atomic E-state index is 13.3. The number of rotatable bonds is 4. The van der Waals surface area contributed by atoms with Gasteiger partial charge in [0.25, 0.3) is 0 Å². The molecule has 0 spiro atoms. The zero-order valence-corrected chi connectivity index (χ0v) is 18.8. The van der Waals surface area contributed by atoms with Gasteiger partial charge in [-0.25, -0.2) is 9.38 Å². The van der Waals surface area contributed by atoms with Gasteiger partial charge in [-0.1, -0.05) is 30.3 Å². The van der Waals surface area contributed by atoms with E-state index in [0.717, 1.165) is 22.4 Å². The van der Waals surface area contributed by atoms with E-state index in [0.29, 0.717) is 17.0 Å². The molecule has 7 nitrogen and oxygen atoms in total. The fourth-order valence-corrected chi connectivity index (χ4v) is 4.99. The normalized spacial score (nSPS) is 24.6. The zero-order chi connectivity index (χ0) is 22.4. The van der Waals surface area contributed by atoms with Gasteiger partial charge in [0.1, 0.15) is 30.2 Å². The Morgan fingerprint density at radius 1 is 1.09 bits per heavy atom. The van der Waals surface area contributed by atoms with Crippen molar-refractivity contribution in [2.24, 2.45) is 4.99 Å². The third-order valence-corrected chi connectivity index (χ3v) is 6.56. The van der Waals surface area contributed by atoms with E-state index in [1.807, 2.05) is 35.3 Å². The number of aliphatic hydroxyl groups excluding tert-OH is 2. The smallest absolute Gasteiger partial charge is 0.165 e. The molecule has 0 unspecified atom stereocenters. The van der Waals surface area contributed by atoms with Crippen molar-refractivity contribution in [1.29, 1.82) is 0 Å². The Bertz CT molecular complexity index is 1150. The lowest BCUT2D eigenvalue weighted by Gasteiger charge is -2.26. The summed E-state index contributed by atoms with van der Waals surface area (Å²) in [4.78, 5) is 4.65. The molecule has 0 amide bonds. The van der Waals surface area contributed by atoms with E-state index in [9.17, 15) is 14.6 Å². The van der Waals surface area contributed by atoms with Gasteiger partial charge in [-0.15, -0.1) is 0 Å². The molecule has 4 atom stereocenters. The molecule has 0 radical (unpaired) electrons. The van der Waals surface area contributed by atoms with Crippen molar-refractivity contribution in [2.75, 3.05) is 5.43 Å². The van der Waals surface area contributed by atoms with Crippen molar-refractivity contribution in [3.05, 3.63) is 70.6 Å². The van der Waals surface area contributed by atoms with E-state index in [-0.39, 0.29) is 5.82 Å². The summed E-state index contributed by atoms with van der Waals surface area (Å²) in [6.07, 6.45) is -1.73. The second-order valence-corrected chi connectivity index (χ2v) is 8.66. The van der Waals surface area contributed by atoms with Crippen LogP contribution in [-0.2, 0) is 11.3 Å². The van der Waals surface area contributed by atoms with Crippen LogP contribution < -0.4 is 5.43 Å². The minimum absolute atomic E-state index is 0.302. The van der Waals surface area contributed by atoms with Gasteiger partial charge >= 0.3 is 0 Å². The van der Waals surface area contributed by atoms with Crippen LogP contribution in [0, 0.1) is 5.82 Å². The predicted octanol–water partition coefficient (Wildman–Crippen LogP) is 4.20. The number of anilines is 1. The van der Waals surface area contributed by atoms with Crippen LogP contribution in [-0.4, -0.2) is 44.4 Å². The molecule has 2 aromatic carbocycles. The standard InChI is InChI=1S/C23H22BrFN4O3/c1-13-19(30)20(31)23(32-13)29-21(24)18(14-5-3-2-4-6-14)17-11-28(12-26-22(17)29)27-16-9-7-15(25)8-10-16/h2-10,12-13,19-20,23,27,30-31H,11H2,1H3/t13-,19-,20-,23-/m1/s1. The number of aromatic nitrogens is 1. The zero-order valence-electron chi connectivity index (χ0n) is 17.2. The highest BCUT2D eigenvalue weighted by molar-refractivity contribution is 9.10. The number of benzene rings is 2. The number of nitrogens with zero attached hydrogens (tertiary/aromatic N) is 3. The van der Waals surface area contributed by atoms with Gasteiger partial charge in [0.15, 0.2) is 6.23 Å². The van der Waals surface area contributed by atoms with E-state index in [2.05, 4.69) is 26.3 Å². The molecule has 0 saturated carbocycles. The molecule has 3 aromatic rings. The highest BCUT2D eigenvalue weighted by atomic mass is 79.9. The Kier molecular flexibility index (Phi) is 5.50. The van der Waals surface area contributed by atoms with Gasteiger partial charge < -0.3 is 14.9 Å². The molecule has 1 saturated heterocycles. The van der Waals surface area contributed by atoms with Crippen molar-refractivity contribution in [2.45, 2.75) is 38.0 Å². The lowest BCUT2D eigenvalue weighted by Crippen LogP contribution is -2.31. The van der Waals surface area contributed by atoms with Crippen LogP contribution in [0.15, 0.2) is 64.2 Å². The molecule has 0 aliphatic carbocycles. The molecule has 3 heterocycles. The summed E-state index contributed by atoms with van der Waals surface area (Å²) < 4.78 is 21.7. The average molecular weight is 501 g/mol. The summed E-state index contributed by atoms with van der Waals surface area (Å²) in [7, 11) is 0. The van der Waals surface area contributed by atoms with Crippen molar-refractivity contribution in [1.82, 2.24) is 9.58 Å². The highest BCUT2D eigenvalue weighted by Crippen LogP contribution is 2.46. The monoisotopic (exact) mass is 500 g/mol. The van der Waals surface area contributed by atoms with Crippen LogP contribution in [0.25, 0.3) is 11.1 Å². The maximum Gasteiger partial charge on any atom is 0.165 e. The molecular weight excluding hydrogens is 479 g/mol. The van der Waals surface area contributed by atoms with Crippen LogP contribution in [0.1, 0.15) is 18.7 Å². The van der Waals surface area contributed by atoms with Crippen LogP contribution in [0.4, 0.5) is 15.9 Å². The van der Waals surface area contributed by atoms with Gasteiger partial charge in [0, 0.05) is 11.1 Å². The van der Waals surface area contributed by atoms with Gasteiger partial charge in [0.05, 0.1) is 22.9 Å². The quantitative estimate of drug-likeness (QED) is 0.500. The number of hydrogen-bond acceptors (Lipinski definition) is 6. The van der Waals surface area contributed by atoms with Crippen LogP contribution >= 0.6 is 15.9 Å². The van der Waals surface area contributed by atoms with Gasteiger partial charge in [-0.3, -0.25) is 15.0 Å². The molecule has 9 heteroatoms. The van der Waals surface area contributed by atoms with Crippen LogP contribution in [0.3, 0.4) is 0 Å². The number of fused-ring (bicyclic) bond motifs is 1. The van der Waals surface area contributed by atoms with Crippen molar-refractivity contribution in [3.63, 3.8) is 0 Å². The first-order valence-corrected chi connectivity index (χ1v) is 11.1. The SMILES string of the molecule is C[C@H]1O[C@@H](n2c(Br)c(-c3ccccc3)c3c2N=CN(Nc2ccc(F)cc2)C3)[C@H](O)[C@@H]1O. The van der Waals surface area contributed by atoms with E-state index in [1.165, 1.54) is 12.1 Å². The molecular formula is C23H22BrFN4O3. The maximum atomic E-state index is 13.3. The number of hydrogen-bond donors (Lipinski definition) is 3. The van der Waals surface area contributed by atoms with Gasteiger partial charge in [-0.05, 0) is 52.7 Å². The van der Waals surface area contributed by atoms with E-state index in [4.69, 9.17) is 4.74 Å². The Morgan fingerprint density at radius 3 is 2.47 bits per heavy atom. The largest absolute Gasteiger partial charge is 0.388 e. The third kappa shape index (κ3) is 3.61. The molecule has 5 rings (SSSR count). The minimum Gasteiger partial charge on any atom is -0.388 e. The lowest BCUT2D eigenvalue weighted by molar-refractivity contribution is -0.0321. The molecule has 3 N–H and O–H groups in total. The average Bonchev–Trinajstić information content (AvgIpc) is 3.22. The Labute approximate surface area is 192 Å². The van der Waals surface area contributed by atoms with E-state index >= 15 is 0 Å². The molecule has 1 fully saturated rings. The summed E-state index contributed by atoms with van der Waals surface area (Å²) in [5.41, 5.74) is 6.78. The topological polar surface area (TPSA) is 82.2 Å². The summed E-state index contributed by atoms with van der Waals surface area (Å²) in [6.45, 7) is 2.19. The van der Waals surface area contributed by atoms with Crippen molar-refractivity contribution < 1.29 is 19.3 Å². The number of hydrazine groups is 1. The first-order valence-electron chi connectivity index (χ1n) is 10.3. The summed E-state index contributed by atoms with van der Waals surface area (Å²) in [5.74, 6) is 0.335. The minimum atomic E-state index is -1.09. The second-order valence-electron chi connectivity index (χ2n) is 7.91. The van der Waals surface area contributed by atoms with Crippen LogP contribution in [0.5, 0.6) is 0 Å². The number of halogens is 2. The number of aliphatic imine (C=N–C) groups is 1. The molecule has 0 bridgehead atoms. The third-order valence-electron chi connectivity index (χ3n) is 5.78. The van der Waals surface area contributed by atoms with Crippen molar-refractivity contribution >= 4 is 33.8 Å². The predicted molar refractivity (Wildman–Crippen MR) is 123 cm³/mol. The number of nitrogens with one attached hydrogen (secondary N) is 1. The number of ether oxygens (including phenoxy) is 1. The first-order chi connectivity index (χ1) is 15.4. The molecule has 2 aliphatic rings. The molecule has 32 heavy (non-hydrogen) atoms. The molecule has 2 aliphatic heterocycles. The summed E-state index contributed by atoms with van der Waals surface area (Å²) in [5, 5.41) is 22.7. The molecule has 166 valence electrons. The Balaban J connectivity index is 1.57. The summed E-state index contributed by atoms with van der Waals surface area (Å²) >= 11 is 3.71. The van der Waals surface area contributed by atoms with Gasteiger partial charge in [-0.2, -0.15) is 0 Å². The highest BCUT2D eigenvalue weighted by Gasteiger charge is 2.44. The Hall–Kier alpha value is -2.72. The van der Waals surface area contributed by atoms with Gasteiger partial charge in [0.2, 0.25) is 0 Å². The second kappa shape index (κ2) is 8.32. The molecule has 1 aromatic heterocycles.